The van der Waals surface area contributed by atoms with Crippen LogP contribution in [0.1, 0.15) is 15.9 Å². The quantitative estimate of drug-likeness (QED) is 0.790. The minimum Gasteiger partial charge on any atom is -0.305 e. The molecule has 3 aromatic rings. The van der Waals surface area contributed by atoms with E-state index in [4.69, 9.17) is 0 Å². The minimum absolute atomic E-state index is 0.230. The highest BCUT2D eigenvalue weighted by Gasteiger charge is 2.14. The Morgan fingerprint density at radius 3 is 2.54 bits per heavy atom. The number of aryl methyl sites for hydroxylation is 1. The van der Waals surface area contributed by atoms with Crippen LogP contribution < -0.4 is 5.32 Å². The van der Waals surface area contributed by atoms with Crippen LogP contribution in [0.4, 0.5) is 5.82 Å². The van der Waals surface area contributed by atoms with Gasteiger partial charge in [0.1, 0.15) is 6.07 Å². The van der Waals surface area contributed by atoms with Crippen LogP contribution in [-0.2, 0) is 7.05 Å². The van der Waals surface area contributed by atoms with Crippen LogP contribution in [0.3, 0.4) is 0 Å². The van der Waals surface area contributed by atoms with E-state index in [1.54, 1.807) is 36.1 Å². The van der Waals surface area contributed by atoms with Gasteiger partial charge in [0.2, 0.25) is 0 Å². The third-order valence-corrected chi connectivity index (χ3v) is 4.47. The van der Waals surface area contributed by atoms with Crippen LogP contribution >= 0.6 is 11.8 Å². The second-order valence-electron chi connectivity index (χ2n) is 5.03. The smallest absolute Gasteiger partial charge is 0.258 e. The molecule has 1 heterocycles. The molecule has 0 atom stereocenters. The topological polar surface area (TPSA) is 70.7 Å². The molecule has 1 aromatic heterocycles. The second kappa shape index (κ2) is 7.02. The van der Waals surface area contributed by atoms with Crippen molar-refractivity contribution in [2.45, 2.75) is 9.79 Å². The fourth-order valence-electron chi connectivity index (χ4n) is 2.18. The van der Waals surface area contributed by atoms with Crippen molar-refractivity contribution in [3.63, 3.8) is 0 Å². The summed E-state index contributed by atoms with van der Waals surface area (Å²) in [7, 11) is 1.79. The lowest BCUT2D eigenvalue weighted by molar-refractivity contribution is 0.102. The molecule has 0 saturated heterocycles. The molecule has 0 radical (unpaired) electrons. The summed E-state index contributed by atoms with van der Waals surface area (Å²) < 4.78 is 1.62. The summed E-state index contributed by atoms with van der Waals surface area (Å²) in [5, 5.41) is 16.2. The van der Waals surface area contributed by atoms with Gasteiger partial charge in [-0.05, 0) is 24.3 Å². The third-order valence-electron chi connectivity index (χ3n) is 3.31. The third kappa shape index (κ3) is 3.47. The first-order valence-electron chi connectivity index (χ1n) is 7.24. The number of amides is 1. The highest BCUT2D eigenvalue weighted by molar-refractivity contribution is 7.99. The van der Waals surface area contributed by atoms with Gasteiger partial charge in [0.15, 0.2) is 5.82 Å². The molecule has 0 saturated carbocycles. The molecule has 0 aliphatic carbocycles. The van der Waals surface area contributed by atoms with E-state index in [-0.39, 0.29) is 5.91 Å². The summed E-state index contributed by atoms with van der Waals surface area (Å²) in [6.07, 6.45) is 1.76. The minimum atomic E-state index is -0.230. The molecular weight excluding hydrogens is 320 g/mol. The number of carbonyl (C=O) groups is 1. The van der Waals surface area contributed by atoms with Gasteiger partial charge in [-0.1, -0.05) is 36.0 Å². The Bertz CT molecular complexity index is 927. The zero-order valence-corrected chi connectivity index (χ0v) is 13.7. The first-order chi connectivity index (χ1) is 11.7. The number of hydrogen-bond acceptors (Lipinski definition) is 4. The maximum atomic E-state index is 12.6. The second-order valence-corrected chi connectivity index (χ2v) is 6.12. The lowest BCUT2D eigenvalue weighted by Gasteiger charge is -2.09. The van der Waals surface area contributed by atoms with E-state index >= 15 is 0 Å². The van der Waals surface area contributed by atoms with Gasteiger partial charge in [0.05, 0.1) is 11.1 Å². The Hall–Kier alpha value is -3.04. The monoisotopic (exact) mass is 334 g/mol. The Morgan fingerprint density at radius 1 is 1.12 bits per heavy atom. The normalized spacial score (nSPS) is 10.2. The lowest BCUT2D eigenvalue weighted by Crippen LogP contribution is -2.13. The predicted molar refractivity (Wildman–Crippen MR) is 92.9 cm³/mol. The largest absolute Gasteiger partial charge is 0.305 e. The molecule has 0 aliphatic rings. The summed E-state index contributed by atoms with van der Waals surface area (Å²) in [5.41, 5.74) is 1.13. The number of nitrogens with zero attached hydrogens (tertiary/aromatic N) is 3. The van der Waals surface area contributed by atoms with Crippen LogP contribution in [0.25, 0.3) is 0 Å². The van der Waals surface area contributed by atoms with E-state index in [2.05, 4.69) is 16.5 Å². The molecule has 0 fully saturated rings. The Kier molecular flexibility index (Phi) is 4.64. The highest BCUT2D eigenvalue weighted by Crippen LogP contribution is 2.32. The van der Waals surface area contributed by atoms with Crippen LogP contribution in [0, 0.1) is 11.3 Å². The molecule has 1 N–H and O–H groups in total. The molecule has 2 aromatic carbocycles. The van der Waals surface area contributed by atoms with E-state index in [1.165, 1.54) is 11.8 Å². The molecular formula is C18H14N4OS. The summed E-state index contributed by atoms with van der Waals surface area (Å²) >= 11 is 1.40. The molecule has 6 heteroatoms. The fourth-order valence-corrected chi connectivity index (χ4v) is 3.20. The summed E-state index contributed by atoms with van der Waals surface area (Å²) in [6, 6.07) is 18.5. The number of carbonyl (C=O) groups excluding carboxylic acids is 1. The van der Waals surface area contributed by atoms with Gasteiger partial charge in [-0.15, -0.1) is 0 Å². The summed E-state index contributed by atoms with van der Waals surface area (Å²) in [4.78, 5) is 14.2. The number of nitrogens with one attached hydrogen (secondary N) is 1. The molecule has 24 heavy (non-hydrogen) atoms. The zero-order valence-electron chi connectivity index (χ0n) is 12.9. The summed E-state index contributed by atoms with van der Waals surface area (Å²) in [5.74, 6) is 0.269. The Labute approximate surface area is 143 Å². The SMILES string of the molecule is Cn1ccc(NC(=O)c2ccccc2Sc2ccccc2C#N)n1. The average molecular weight is 334 g/mol. The molecule has 0 aliphatic heterocycles. The van der Waals surface area contributed by atoms with Crippen LogP contribution in [0.15, 0.2) is 70.6 Å². The average Bonchev–Trinajstić information content (AvgIpc) is 3.00. The van der Waals surface area contributed by atoms with Gasteiger partial charge in [0, 0.05) is 29.1 Å². The van der Waals surface area contributed by atoms with Gasteiger partial charge in [-0.3, -0.25) is 9.48 Å². The predicted octanol–water partition coefficient (Wildman–Crippen LogP) is 3.70. The maximum absolute atomic E-state index is 12.6. The van der Waals surface area contributed by atoms with Crippen molar-refractivity contribution in [3.05, 3.63) is 71.9 Å². The van der Waals surface area contributed by atoms with Crippen molar-refractivity contribution in [1.29, 1.82) is 5.26 Å². The number of hydrogen-bond donors (Lipinski definition) is 1. The fraction of sp³-hybridized carbons (Fsp3) is 0.0556. The molecule has 118 valence electrons. The van der Waals surface area contributed by atoms with Crippen molar-refractivity contribution < 1.29 is 4.79 Å². The van der Waals surface area contributed by atoms with Crippen molar-refractivity contribution in [2.75, 3.05) is 5.32 Å². The number of anilines is 1. The van der Waals surface area contributed by atoms with Gasteiger partial charge >= 0.3 is 0 Å². The van der Waals surface area contributed by atoms with Crippen molar-refractivity contribution in [3.8, 4) is 6.07 Å². The summed E-state index contributed by atoms with van der Waals surface area (Å²) in [6.45, 7) is 0. The van der Waals surface area contributed by atoms with Crippen molar-refractivity contribution >= 4 is 23.5 Å². The maximum Gasteiger partial charge on any atom is 0.258 e. The molecule has 3 rings (SSSR count). The molecule has 5 nitrogen and oxygen atoms in total. The van der Waals surface area contributed by atoms with E-state index in [9.17, 15) is 10.1 Å². The van der Waals surface area contributed by atoms with E-state index in [1.807, 2.05) is 36.4 Å². The first-order valence-corrected chi connectivity index (χ1v) is 8.06. The zero-order chi connectivity index (χ0) is 16.9. The first kappa shape index (κ1) is 15.8. The van der Waals surface area contributed by atoms with E-state index in [0.717, 1.165) is 9.79 Å². The lowest BCUT2D eigenvalue weighted by atomic mass is 10.2. The van der Waals surface area contributed by atoms with Gasteiger partial charge in [-0.25, -0.2) is 0 Å². The van der Waals surface area contributed by atoms with Gasteiger partial charge < -0.3 is 5.32 Å². The van der Waals surface area contributed by atoms with E-state index in [0.29, 0.717) is 16.9 Å². The molecule has 0 unspecified atom stereocenters. The Balaban J connectivity index is 1.88. The number of rotatable bonds is 4. The molecule has 1 amide bonds. The molecule has 0 spiro atoms. The van der Waals surface area contributed by atoms with Gasteiger partial charge in [-0.2, -0.15) is 10.4 Å². The Morgan fingerprint density at radius 2 is 1.83 bits per heavy atom. The van der Waals surface area contributed by atoms with Crippen molar-refractivity contribution in [1.82, 2.24) is 9.78 Å². The number of benzene rings is 2. The van der Waals surface area contributed by atoms with E-state index < -0.39 is 0 Å². The van der Waals surface area contributed by atoms with Crippen LogP contribution in [0.5, 0.6) is 0 Å². The highest BCUT2D eigenvalue weighted by atomic mass is 32.2. The van der Waals surface area contributed by atoms with Crippen molar-refractivity contribution in [2.24, 2.45) is 7.05 Å². The standard InChI is InChI=1S/C18H14N4OS/c1-22-11-10-17(21-22)20-18(23)14-7-3-5-9-16(14)24-15-8-4-2-6-13(15)12-19/h2-11H,1H3,(H,20,21,23). The van der Waals surface area contributed by atoms with Crippen LogP contribution in [0.2, 0.25) is 0 Å². The van der Waals surface area contributed by atoms with Gasteiger partial charge in [0.25, 0.3) is 5.91 Å². The van der Waals surface area contributed by atoms with Crippen LogP contribution in [-0.4, -0.2) is 15.7 Å². The molecule has 0 bridgehead atoms. The number of aromatic nitrogens is 2. The number of nitriles is 1.